The summed E-state index contributed by atoms with van der Waals surface area (Å²) in [6.07, 6.45) is 9.35. The molecule has 3 heteroatoms. The van der Waals surface area contributed by atoms with Gasteiger partial charge in [0.05, 0.1) is 18.4 Å². The Hall–Kier alpha value is -0.800. The Morgan fingerprint density at radius 2 is 2.39 bits per heavy atom. The van der Waals surface area contributed by atoms with Crippen LogP contribution in [0.25, 0.3) is 0 Å². The van der Waals surface area contributed by atoms with Gasteiger partial charge >= 0.3 is 0 Å². The van der Waals surface area contributed by atoms with E-state index < -0.39 is 0 Å². The highest BCUT2D eigenvalue weighted by Crippen LogP contribution is 2.24. The van der Waals surface area contributed by atoms with Crippen LogP contribution in [-0.2, 0) is 4.74 Å². The van der Waals surface area contributed by atoms with E-state index in [0.717, 1.165) is 38.2 Å². The third-order valence-corrected chi connectivity index (χ3v) is 3.58. The topological polar surface area (TPSA) is 34.4 Å². The molecule has 1 aliphatic rings. The lowest BCUT2D eigenvalue weighted by Gasteiger charge is -2.24. The molecule has 0 radical (unpaired) electrons. The Labute approximate surface area is 110 Å². The zero-order valence-corrected chi connectivity index (χ0v) is 11.4. The summed E-state index contributed by atoms with van der Waals surface area (Å²) >= 11 is 0. The summed E-state index contributed by atoms with van der Waals surface area (Å²) in [5.74, 6) is 1.05. The van der Waals surface area contributed by atoms with Gasteiger partial charge in [0.15, 0.2) is 0 Å². The maximum atomic E-state index is 5.79. The fraction of sp³-hybridized carbons (Fsp3) is 0.733. The minimum atomic E-state index is 0.338. The first-order valence-corrected chi connectivity index (χ1v) is 7.28. The third-order valence-electron chi connectivity index (χ3n) is 3.58. The van der Waals surface area contributed by atoms with Gasteiger partial charge in [-0.2, -0.15) is 0 Å². The van der Waals surface area contributed by atoms with E-state index in [9.17, 15) is 0 Å². The SMILES string of the molecule is CCCNC(CCC1CCCCO1)c1ccco1. The van der Waals surface area contributed by atoms with E-state index in [0.29, 0.717) is 12.1 Å². The van der Waals surface area contributed by atoms with Crippen LogP contribution >= 0.6 is 0 Å². The molecule has 0 bridgehead atoms. The van der Waals surface area contributed by atoms with Crippen LogP contribution in [0.1, 0.15) is 57.3 Å². The minimum absolute atomic E-state index is 0.338. The maximum absolute atomic E-state index is 5.79. The predicted octanol–water partition coefficient (Wildman–Crippen LogP) is 3.67. The molecule has 3 nitrogen and oxygen atoms in total. The van der Waals surface area contributed by atoms with Crippen LogP contribution in [0.2, 0.25) is 0 Å². The average Bonchev–Trinajstić information content (AvgIpc) is 2.94. The van der Waals surface area contributed by atoms with Crippen molar-refractivity contribution < 1.29 is 9.15 Å². The van der Waals surface area contributed by atoms with Crippen LogP contribution in [-0.4, -0.2) is 19.3 Å². The Morgan fingerprint density at radius 1 is 1.44 bits per heavy atom. The highest BCUT2D eigenvalue weighted by Gasteiger charge is 2.18. The first-order chi connectivity index (χ1) is 8.90. The summed E-state index contributed by atoms with van der Waals surface area (Å²) < 4.78 is 11.3. The van der Waals surface area contributed by atoms with E-state index in [-0.39, 0.29) is 0 Å². The van der Waals surface area contributed by atoms with Gasteiger partial charge < -0.3 is 14.5 Å². The molecule has 1 aliphatic heterocycles. The van der Waals surface area contributed by atoms with Crippen molar-refractivity contribution in [3.63, 3.8) is 0 Å². The summed E-state index contributed by atoms with van der Waals surface area (Å²) in [6.45, 7) is 4.17. The quantitative estimate of drug-likeness (QED) is 0.803. The van der Waals surface area contributed by atoms with Crippen LogP contribution < -0.4 is 5.32 Å². The highest BCUT2D eigenvalue weighted by molar-refractivity contribution is 5.04. The molecule has 0 amide bonds. The summed E-state index contributed by atoms with van der Waals surface area (Å²) in [6, 6.07) is 4.37. The molecule has 0 spiro atoms. The van der Waals surface area contributed by atoms with Gasteiger partial charge in [-0.05, 0) is 57.2 Å². The Bertz CT molecular complexity index is 304. The number of hydrogen-bond acceptors (Lipinski definition) is 3. The molecular weight excluding hydrogens is 226 g/mol. The van der Waals surface area contributed by atoms with Crippen LogP contribution in [0.4, 0.5) is 0 Å². The first-order valence-electron chi connectivity index (χ1n) is 7.28. The maximum Gasteiger partial charge on any atom is 0.120 e. The molecule has 1 N–H and O–H groups in total. The van der Waals surface area contributed by atoms with Gasteiger partial charge in [-0.3, -0.25) is 0 Å². The molecule has 2 unspecified atom stereocenters. The predicted molar refractivity (Wildman–Crippen MR) is 72.6 cm³/mol. The van der Waals surface area contributed by atoms with Crippen molar-refractivity contribution in [3.05, 3.63) is 24.2 Å². The summed E-state index contributed by atoms with van der Waals surface area (Å²) in [4.78, 5) is 0. The fourth-order valence-corrected chi connectivity index (χ4v) is 2.54. The molecule has 1 aromatic rings. The number of hydrogen-bond donors (Lipinski definition) is 1. The second kappa shape index (κ2) is 7.59. The minimum Gasteiger partial charge on any atom is -0.468 e. The standard InChI is InChI=1S/C15H25NO2/c1-2-10-16-14(15-7-5-12-18-15)9-8-13-6-3-4-11-17-13/h5,7,12-14,16H,2-4,6,8-11H2,1H3. The van der Waals surface area contributed by atoms with E-state index in [2.05, 4.69) is 18.3 Å². The van der Waals surface area contributed by atoms with Crippen molar-refractivity contribution >= 4 is 0 Å². The molecule has 0 saturated carbocycles. The Morgan fingerprint density at radius 3 is 3.06 bits per heavy atom. The van der Waals surface area contributed by atoms with E-state index in [1.165, 1.54) is 19.3 Å². The molecule has 18 heavy (non-hydrogen) atoms. The second-order valence-corrected chi connectivity index (χ2v) is 5.09. The normalized spacial score (nSPS) is 21.9. The van der Waals surface area contributed by atoms with Crippen LogP contribution in [0.15, 0.2) is 22.8 Å². The highest BCUT2D eigenvalue weighted by atomic mass is 16.5. The van der Waals surface area contributed by atoms with Gasteiger partial charge in [0, 0.05) is 6.61 Å². The Balaban J connectivity index is 1.80. The molecule has 2 rings (SSSR count). The lowest BCUT2D eigenvalue weighted by atomic mass is 10.0. The fourth-order valence-electron chi connectivity index (χ4n) is 2.54. The number of rotatable bonds is 7. The third kappa shape index (κ3) is 4.14. The summed E-state index contributed by atoms with van der Waals surface area (Å²) in [7, 11) is 0. The molecule has 1 saturated heterocycles. The van der Waals surface area contributed by atoms with Gasteiger partial charge in [-0.25, -0.2) is 0 Å². The van der Waals surface area contributed by atoms with Crippen LogP contribution in [0.5, 0.6) is 0 Å². The van der Waals surface area contributed by atoms with E-state index in [1.807, 2.05) is 6.07 Å². The smallest absolute Gasteiger partial charge is 0.120 e. The van der Waals surface area contributed by atoms with Gasteiger partial charge in [-0.1, -0.05) is 6.92 Å². The molecule has 1 fully saturated rings. The van der Waals surface area contributed by atoms with Gasteiger partial charge in [0.1, 0.15) is 5.76 Å². The number of ether oxygens (including phenoxy) is 1. The van der Waals surface area contributed by atoms with Gasteiger partial charge in [0.25, 0.3) is 0 Å². The molecule has 0 aromatic carbocycles. The molecule has 2 heterocycles. The van der Waals surface area contributed by atoms with Gasteiger partial charge in [0.2, 0.25) is 0 Å². The van der Waals surface area contributed by atoms with Crippen molar-refractivity contribution in [2.45, 2.75) is 57.6 Å². The molecule has 0 aliphatic carbocycles. The monoisotopic (exact) mass is 251 g/mol. The van der Waals surface area contributed by atoms with E-state index in [4.69, 9.17) is 9.15 Å². The summed E-state index contributed by atoms with van der Waals surface area (Å²) in [5, 5.41) is 3.56. The van der Waals surface area contributed by atoms with Crippen molar-refractivity contribution in [1.82, 2.24) is 5.32 Å². The van der Waals surface area contributed by atoms with Crippen molar-refractivity contribution in [2.75, 3.05) is 13.2 Å². The lowest BCUT2D eigenvalue weighted by Crippen LogP contribution is -2.25. The van der Waals surface area contributed by atoms with Crippen molar-refractivity contribution in [3.8, 4) is 0 Å². The molecule has 1 aromatic heterocycles. The lowest BCUT2D eigenvalue weighted by molar-refractivity contribution is 0.00821. The number of nitrogens with one attached hydrogen (secondary N) is 1. The van der Waals surface area contributed by atoms with Crippen molar-refractivity contribution in [2.24, 2.45) is 0 Å². The molecular formula is C15H25NO2. The second-order valence-electron chi connectivity index (χ2n) is 5.09. The number of furan rings is 1. The largest absolute Gasteiger partial charge is 0.468 e. The summed E-state index contributed by atoms with van der Waals surface area (Å²) in [5.41, 5.74) is 0. The van der Waals surface area contributed by atoms with Crippen LogP contribution in [0, 0.1) is 0 Å². The first kappa shape index (κ1) is 13.6. The average molecular weight is 251 g/mol. The van der Waals surface area contributed by atoms with E-state index in [1.54, 1.807) is 6.26 Å². The molecule has 2 atom stereocenters. The Kier molecular flexibility index (Phi) is 5.75. The van der Waals surface area contributed by atoms with Crippen LogP contribution in [0.3, 0.4) is 0 Å². The van der Waals surface area contributed by atoms with Gasteiger partial charge in [-0.15, -0.1) is 0 Å². The molecule has 102 valence electrons. The zero-order chi connectivity index (χ0) is 12.6. The van der Waals surface area contributed by atoms with E-state index >= 15 is 0 Å². The van der Waals surface area contributed by atoms with Crippen molar-refractivity contribution in [1.29, 1.82) is 0 Å². The zero-order valence-electron chi connectivity index (χ0n) is 11.4.